The minimum Gasteiger partial charge on any atom is -0.394 e. The molecule has 0 aliphatic carbocycles. The highest BCUT2D eigenvalue weighted by atomic mass is 16.5. The first kappa shape index (κ1) is 11.2. The van der Waals surface area contributed by atoms with Crippen LogP contribution in [0.5, 0.6) is 0 Å². The molecular formula is C12H18O2. The Bertz CT molecular complexity index is 267. The maximum absolute atomic E-state index is 8.95. The van der Waals surface area contributed by atoms with E-state index in [0.29, 0.717) is 6.61 Å². The molecule has 0 aromatic heterocycles. The highest BCUT2D eigenvalue weighted by Crippen LogP contribution is 2.10. The monoisotopic (exact) mass is 194 g/mol. The topological polar surface area (TPSA) is 29.5 Å². The minimum atomic E-state index is -0.0328. The Morgan fingerprint density at radius 1 is 1.36 bits per heavy atom. The summed E-state index contributed by atoms with van der Waals surface area (Å²) in [5, 5.41) is 8.95. The van der Waals surface area contributed by atoms with Gasteiger partial charge >= 0.3 is 0 Å². The van der Waals surface area contributed by atoms with E-state index in [-0.39, 0.29) is 12.7 Å². The second-order valence-electron chi connectivity index (χ2n) is 3.45. The summed E-state index contributed by atoms with van der Waals surface area (Å²) < 4.78 is 5.56. The summed E-state index contributed by atoms with van der Waals surface area (Å²) in [6.07, 6.45) is 0.817. The Kier molecular flexibility index (Phi) is 4.63. The number of benzene rings is 1. The second kappa shape index (κ2) is 5.78. The maximum atomic E-state index is 8.95. The van der Waals surface area contributed by atoms with Gasteiger partial charge in [-0.05, 0) is 24.5 Å². The summed E-state index contributed by atoms with van der Waals surface area (Å²) in [6.45, 7) is 4.77. The van der Waals surface area contributed by atoms with E-state index >= 15 is 0 Å². The van der Waals surface area contributed by atoms with Gasteiger partial charge in [0.25, 0.3) is 0 Å². The van der Waals surface area contributed by atoms with Gasteiger partial charge in [0.2, 0.25) is 0 Å². The molecule has 2 heteroatoms. The molecular weight excluding hydrogens is 176 g/mol. The van der Waals surface area contributed by atoms with E-state index in [0.717, 1.165) is 6.42 Å². The van der Waals surface area contributed by atoms with Crippen LogP contribution in [0.3, 0.4) is 0 Å². The van der Waals surface area contributed by atoms with Crippen LogP contribution in [0, 0.1) is 6.92 Å². The van der Waals surface area contributed by atoms with Crippen LogP contribution in [0.4, 0.5) is 0 Å². The standard InChI is InChI=1S/C12H18O2/c1-3-12(8-13)14-9-11-7-5-4-6-10(11)2/h4-7,12-13H,3,8-9H2,1-2H3/t12-/m1/s1. The number of aliphatic hydroxyl groups excluding tert-OH is 1. The van der Waals surface area contributed by atoms with Gasteiger partial charge < -0.3 is 9.84 Å². The van der Waals surface area contributed by atoms with Gasteiger partial charge in [0, 0.05) is 0 Å². The predicted octanol–water partition coefficient (Wildman–Crippen LogP) is 2.28. The van der Waals surface area contributed by atoms with Gasteiger partial charge in [0.1, 0.15) is 0 Å². The smallest absolute Gasteiger partial charge is 0.0807 e. The largest absolute Gasteiger partial charge is 0.394 e. The average Bonchev–Trinajstić information content (AvgIpc) is 2.22. The fourth-order valence-corrected chi connectivity index (χ4v) is 1.28. The molecule has 0 radical (unpaired) electrons. The normalized spacial score (nSPS) is 12.8. The molecule has 2 nitrogen and oxygen atoms in total. The first-order chi connectivity index (χ1) is 6.77. The van der Waals surface area contributed by atoms with Gasteiger partial charge in [-0.1, -0.05) is 31.2 Å². The van der Waals surface area contributed by atoms with Crippen molar-refractivity contribution in [1.29, 1.82) is 0 Å². The van der Waals surface area contributed by atoms with Gasteiger partial charge in [-0.3, -0.25) is 0 Å². The lowest BCUT2D eigenvalue weighted by Crippen LogP contribution is -2.16. The third-order valence-electron chi connectivity index (χ3n) is 2.39. The number of aliphatic hydroxyl groups is 1. The van der Waals surface area contributed by atoms with Gasteiger partial charge in [-0.15, -0.1) is 0 Å². The van der Waals surface area contributed by atoms with E-state index in [9.17, 15) is 0 Å². The number of hydrogen-bond donors (Lipinski definition) is 1. The Morgan fingerprint density at radius 2 is 2.07 bits per heavy atom. The fraction of sp³-hybridized carbons (Fsp3) is 0.500. The summed E-state index contributed by atoms with van der Waals surface area (Å²) in [4.78, 5) is 0. The van der Waals surface area contributed by atoms with Crippen LogP contribution in [0.25, 0.3) is 0 Å². The number of rotatable bonds is 5. The third kappa shape index (κ3) is 3.13. The van der Waals surface area contributed by atoms with E-state index in [1.165, 1.54) is 11.1 Å². The SMILES string of the molecule is CC[C@H](CO)OCc1ccccc1C. The second-order valence-corrected chi connectivity index (χ2v) is 3.45. The molecule has 0 spiro atoms. The maximum Gasteiger partial charge on any atom is 0.0807 e. The van der Waals surface area contributed by atoms with Gasteiger partial charge in [0.15, 0.2) is 0 Å². The number of ether oxygens (including phenoxy) is 1. The van der Waals surface area contributed by atoms with Crippen molar-refractivity contribution >= 4 is 0 Å². The molecule has 0 bridgehead atoms. The van der Waals surface area contributed by atoms with E-state index in [1.807, 2.05) is 19.1 Å². The molecule has 0 saturated carbocycles. The molecule has 0 aliphatic rings. The van der Waals surface area contributed by atoms with Crippen molar-refractivity contribution in [2.24, 2.45) is 0 Å². The van der Waals surface area contributed by atoms with Crippen LogP contribution in [0.15, 0.2) is 24.3 Å². The molecule has 0 amide bonds. The highest BCUT2D eigenvalue weighted by molar-refractivity contribution is 5.24. The van der Waals surface area contributed by atoms with Crippen molar-refractivity contribution < 1.29 is 9.84 Å². The molecule has 14 heavy (non-hydrogen) atoms. The van der Waals surface area contributed by atoms with Gasteiger partial charge in [0.05, 0.1) is 19.3 Å². The van der Waals surface area contributed by atoms with Crippen LogP contribution in [0.2, 0.25) is 0 Å². The predicted molar refractivity (Wildman–Crippen MR) is 57.1 cm³/mol. The quantitative estimate of drug-likeness (QED) is 0.779. The van der Waals surface area contributed by atoms with Crippen LogP contribution < -0.4 is 0 Å². The molecule has 1 aromatic rings. The third-order valence-corrected chi connectivity index (χ3v) is 2.39. The molecule has 1 N–H and O–H groups in total. The molecule has 0 saturated heterocycles. The van der Waals surface area contributed by atoms with Gasteiger partial charge in [-0.2, -0.15) is 0 Å². The zero-order valence-corrected chi connectivity index (χ0v) is 8.86. The average molecular weight is 194 g/mol. The molecule has 0 aliphatic heterocycles. The van der Waals surface area contributed by atoms with E-state index in [1.54, 1.807) is 0 Å². The Balaban J connectivity index is 2.49. The van der Waals surface area contributed by atoms with Crippen molar-refractivity contribution in [3.8, 4) is 0 Å². The van der Waals surface area contributed by atoms with Crippen molar-refractivity contribution in [3.05, 3.63) is 35.4 Å². The molecule has 1 atom stereocenters. The summed E-state index contributed by atoms with van der Waals surface area (Å²) in [5.74, 6) is 0. The molecule has 0 unspecified atom stereocenters. The fourth-order valence-electron chi connectivity index (χ4n) is 1.28. The lowest BCUT2D eigenvalue weighted by atomic mass is 10.1. The molecule has 1 aromatic carbocycles. The van der Waals surface area contributed by atoms with E-state index in [4.69, 9.17) is 9.84 Å². The van der Waals surface area contributed by atoms with Crippen molar-refractivity contribution in [2.45, 2.75) is 33.0 Å². The van der Waals surface area contributed by atoms with Crippen molar-refractivity contribution in [3.63, 3.8) is 0 Å². The zero-order valence-electron chi connectivity index (χ0n) is 8.86. The number of aryl methyl sites for hydroxylation is 1. The minimum absolute atomic E-state index is 0.0328. The molecule has 0 heterocycles. The number of hydrogen-bond acceptors (Lipinski definition) is 2. The van der Waals surface area contributed by atoms with Crippen molar-refractivity contribution in [1.82, 2.24) is 0 Å². The molecule has 0 fully saturated rings. The molecule has 78 valence electrons. The highest BCUT2D eigenvalue weighted by Gasteiger charge is 2.05. The Labute approximate surface area is 85.5 Å². The lowest BCUT2D eigenvalue weighted by molar-refractivity contribution is 0.000573. The van der Waals surface area contributed by atoms with Crippen molar-refractivity contribution in [2.75, 3.05) is 6.61 Å². The summed E-state index contributed by atoms with van der Waals surface area (Å²) in [6, 6.07) is 8.14. The summed E-state index contributed by atoms with van der Waals surface area (Å²) in [5.41, 5.74) is 2.43. The first-order valence-corrected chi connectivity index (χ1v) is 5.05. The first-order valence-electron chi connectivity index (χ1n) is 5.05. The van der Waals surface area contributed by atoms with Crippen LogP contribution in [-0.4, -0.2) is 17.8 Å². The van der Waals surface area contributed by atoms with Gasteiger partial charge in [-0.25, -0.2) is 0 Å². The van der Waals surface area contributed by atoms with E-state index in [2.05, 4.69) is 19.1 Å². The zero-order chi connectivity index (χ0) is 10.4. The summed E-state index contributed by atoms with van der Waals surface area (Å²) >= 11 is 0. The van der Waals surface area contributed by atoms with Crippen LogP contribution in [-0.2, 0) is 11.3 Å². The van der Waals surface area contributed by atoms with Crippen LogP contribution in [0.1, 0.15) is 24.5 Å². The summed E-state index contributed by atoms with van der Waals surface area (Å²) in [7, 11) is 0. The Hall–Kier alpha value is -0.860. The van der Waals surface area contributed by atoms with E-state index < -0.39 is 0 Å². The Morgan fingerprint density at radius 3 is 2.64 bits per heavy atom. The molecule has 1 rings (SSSR count). The van der Waals surface area contributed by atoms with Crippen LogP contribution >= 0.6 is 0 Å². The lowest BCUT2D eigenvalue weighted by Gasteiger charge is -2.14.